The second kappa shape index (κ2) is 5.35. The zero-order valence-corrected chi connectivity index (χ0v) is 14.4. The Bertz CT molecular complexity index is 836. The minimum absolute atomic E-state index is 0.0168. The van der Waals surface area contributed by atoms with Gasteiger partial charge >= 0.3 is 0 Å². The molecule has 3 atom stereocenters. The Morgan fingerprint density at radius 3 is 2.24 bits per heavy atom. The van der Waals surface area contributed by atoms with Crippen LogP contribution in [0.1, 0.15) is 11.5 Å². The van der Waals surface area contributed by atoms with E-state index < -0.39 is 22.7 Å². The Balaban J connectivity index is 2.25. The van der Waals surface area contributed by atoms with Crippen LogP contribution >= 0.6 is 0 Å². The van der Waals surface area contributed by atoms with E-state index in [2.05, 4.69) is 17.1 Å². The first-order chi connectivity index (χ1) is 12.0. The summed E-state index contributed by atoms with van der Waals surface area (Å²) in [6.07, 6.45) is 0. The number of aliphatic imine (C=N–C) groups is 1. The molecular weight excluding hydrogens is 324 g/mol. The molecule has 3 rings (SSSR count). The number of benzene rings is 1. The van der Waals surface area contributed by atoms with Gasteiger partial charge in [0.15, 0.2) is 5.41 Å². The number of nitrogens with two attached hydrogens (primary N) is 1. The van der Waals surface area contributed by atoms with Crippen molar-refractivity contribution in [3.63, 3.8) is 0 Å². The second-order valence-corrected chi connectivity index (χ2v) is 5.87. The molecular formula is C17H18N4O4. The summed E-state index contributed by atoms with van der Waals surface area (Å²) >= 11 is 0. The van der Waals surface area contributed by atoms with Gasteiger partial charge in [0, 0.05) is 31.8 Å². The summed E-state index contributed by atoms with van der Waals surface area (Å²) in [7, 11) is 5.78. The second-order valence-electron chi connectivity index (χ2n) is 5.87. The number of methoxy groups -OCH3 is 4. The maximum atomic E-state index is 10.0. The van der Waals surface area contributed by atoms with Crippen molar-refractivity contribution >= 4 is 5.84 Å². The van der Waals surface area contributed by atoms with Crippen LogP contribution in [0.3, 0.4) is 0 Å². The van der Waals surface area contributed by atoms with Crippen molar-refractivity contribution in [1.29, 1.82) is 10.5 Å². The maximum absolute atomic E-state index is 10.0. The highest BCUT2D eigenvalue weighted by Gasteiger charge is 2.93. The molecule has 8 nitrogen and oxygen atoms in total. The van der Waals surface area contributed by atoms with E-state index >= 15 is 0 Å². The normalized spacial score (nSPS) is 31.3. The van der Waals surface area contributed by atoms with Gasteiger partial charge in [0.05, 0.1) is 26.4 Å². The third-order valence-electron chi connectivity index (χ3n) is 5.23. The molecule has 0 aromatic heterocycles. The molecule has 1 aliphatic carbocycles. The van der Waals surface area contributed by atoms with Crippen molar-refractivity contribution < 1.29 is 18.9 Å². The third-order valence-corrected chi connectivity index (χ3v) is 5.23. The van der Waals surface area contributed by atoms with Crippen LogP contribution in [0.4, 0.5) is 0 Å². The first kappa shape index (κ1) is 17.0. The zero-order valence-electron chi connectivity index (χ0n) is 14.4. The third kappa shape index (κ3) is 1.63. The van der Waals surface area contributed by atoms with Crippen molar-refractivity contribution in [2.24, 2.45) is 21.6 Å². The number of rotatable bonds is 5. The van der Waals surface area contributed by atoms with Crippen LogP contribution in [0.25, 0.3) is 0 Å². The van der Waals surface area contributed by atoms with Crippen LogP contribution in [0.5, 0.6) is 11.5 Å². The lowest BCUT2D eigenvalue weighted by atomic mass is 9.93. The topological polar surface area (TPSA) is 123 Å². The quantitative estimate of drug-likeness (QED) is 0.796. The van der Waals surface area contributed by atoms with E-state index in [1.54, 1.807) is 25.3 Å². The van der Waals surface area contributed by atoms with Gasteiger partial charge in [-0.2, -0.15) is 10.5 Å². The molecule has 1 aliphatic heterocycles. The van der Waals surface area contributed by atoms with E-state index in [0.717, 1.165) is 0 Å². The molecule has 8 heteroatoms. The molecule has 0 unspecified atom stereocenters. The van der Waals surface area contributed by atoms with Crippen molar-refractivity contribution in [3.05, 3.63) is 23.8 Å². The summed E-state index contributed by atoms with van der Waals surface area (Å²) in [5.41, 5.74) is 3.96. The maximum Gasteiger partial charge on any atom is 0.292 e. The lowest BCUT2D eigenvalue weighted by Crippen LogP contribution is -2.41. The van der Waals surface area contributed by atoms with E-state index in [4.69, 9.17) is 24.7 Å². The highest BCUT2D eigenvalue weighted by Crippen LogP contribution is 2.82. The van der Waals surface area contributed by atoms with Crippen LogP contribution < -0.4 is 15.2 Å². The van der Waals surface area contributed by atoms with Gasteiger partial charge in [-0.25, -0.2) is 4.99 Å². The number of hydrogen-bond donors (Lipinski definition) is 1. The Hall–Kier alpha value is -2.81. The summed E-state index contributed by atoms with van der Waals surface area (Å²) in [5.74, 6) is -1.18. The number of fused-ring (bicyclic) bond motifs is 1. The van der Waals surface area contributed by atoms with Crippen LogP contribution in [0.15, 0.2) is 23.2 Å². The first-order valence-corrected chi connectivity index (χ1v) is 7.49. The van der Waals surface area contributed by atoms with Gasteiger partial charge in [-0.1, -0.05) is 6.07 Å². The Morgan fingerprint density at radius 1 is 1.08 bits per heavy atom. The van der Waals surface area contributed by atoms with Gasteiger partial charge in [-0.3, -0.25) is 0 Å². The summed E-state index contributed by atoms with van der Waals surface area (Å²) in [6, 6.07) is 9.56. The van der Waals surface area contributed by atoms with Crippen LogP contribution in [0, 0.1) is 33.5 Å². The molecule has 1 saturated carbocycles. The van der Waals surface area contributed by atoms with Gasteiger partial charge in [-0.15, -0.1) is 0 Å². The summed E-state index contributed by atoms with van der Waals surface area (Å²) < 4.78 is 21.5. The van der Waals surface area contributed by atoms with Gasteiger partial charge in [0.25, 0.3) is 5.91 Å². The Labute approximate surface area is 145 Å². The molecule has 0 spiro atoms. The first-order valence-electron chi connectivity index (χ1n) is 7.49. The average molecular weight is 342 g/mol. The predicted molar refractivity (Wildman–Crippen MR) is 86.8 cm³/mol. The van der Waals surface area contributed by atoms with Crippen molar-refractivity contribution in [1.82, 2.24) is 0 Å². The van der Waals surface area contributed by atoms with E-state index in [-0.39, 0.29) is 5.84 Å². The molecule has 0 saturated heterocycles. The monoisotopic (exact) mass is 342 g/mol. The van der Waals surface area contributed by atoms with Crippen molar-refractivity contribution in [2.45, 2.75) is 11.8 Å². The largest absolute Gasteiger partial charge is 0.497 e. The van der Waals surface area contributed by atoms with Gasteiger partial charge < -0.3 is 24.7 Å². The standard InChI is InChI=1S/C17H18N4O4/c1-22-10-5-6-11(12(7-10)23-2)13-15(8-18)14(20)21-17(24-3,25-4)16(13,15)9-19/h5-7,13H,1-4H3,(H2,20,21)/t13-,15-,16+/m1/s1. The van der Waals surface area contributed by atoms with E-state index in [1.165, 1.54) is 21.3 Å². The highest BCUT2D eigenvalue weighted by atomic mass is 16.7. The number of amidine groups is 1. The molecule has 1 fully saturated rings. The van der Waals surface area contributed by atoms with Gasteiger partial charge in [0.2, 0.25) is 0 Å². The van der Waals surface area contributed by atoms with E-state index in [9.17, 15) is 10.5 Å². The van der Waals surface area contributed by atoms with Crippen molar-refractivity contribution in [3.8, 4) is 23.6 Å². The fourth-order valence-corrected chi connectivity index (χ4v) is 4.04. The van der Waals surface area contributed by atoms with Gasteiger partial charge in [-0.05, 0) is 6.07 Å². The molecule has 0 bridgehead atoms. The summed E-state index contributed by atoms with van der Waals surface area (Å²) in [6.45, 7) is 0. The molecule has 0 amide bonds. The van der Waals surface area contributed by atoms with Crippen molar-refractivity contribution in [2.75, 3.05) is 28.4 Å². The lowest BCUT2D eigenvalue weighted by molar-refractivity contribution is -0.230. The van der Waals surface area contributed by atoms with E-state index in [0.29, 0.717) is 17.1 Å². The molecule has 25 heavy (non-hydrogen) atoms. The highest BCUT2D eigenvalue weighted by molar-refractivity contribution is 6.00. The zero-order chi connectivity index (χ0) is 18.5. The summed E-state index contributed by atoms with van der Waals surface area (Å²) in [4.78, 5) is 4.18. The average Bonchev–Trinajstić information content (AvgIpc) is 3.22. The molecule has 2 aliphatic rings. The molecule has 0 radical (unpaired) electrons. The van der Waals surface area contributed by atoms with Gasteiger partial charge in [0.1, 0.15) is 22.7 Å². The predicted octanol–water partition coefficient (Wildman–Crippen LogP) is 1.14. The Morgan fingerprint density at radius 2 is 1.76 bits per heavy atom. The fraction of sp³-hybridized carbons (Fsp3) is 0.471. The molecule has 1 aromatic carbocycles. The Kier molecular flexibility index (Phi) is 3.64. The number of nitrogens with zero attached hydrogens (tertiary/aromatic N) is 3. The number of hydrogen-bond acceptors (Lipinski definition) is 8. The number of nitriles is 2. The minimum atomic E-state index is -1.66. The van der Waals surface area contributed by atoms with E-state index in [1.807, 2.05) is 0 Å². The smallest absolute Gasteiger partial charge is 0.292 e. The number of ether oxygens (including phenoxy) is 4. The SMILES string of the molecule is COc1ccc([C@@H]2[C@]3(C#N)C(N)=NC(OC)(OC)[C@@]23C#N)c(OC)c1. The lowest BCUT2D eigenvalue weighted by Gasteiger charge is -2.29. The summed E-state index contributed by atoms with van der Waals surface area (Å²) in [5, 5.41) is 19.9. The van der Waals surface area contributed by atoms with Crippen LogP contribution in [0.2, 0.25) is 0 Å². The molecule has 1 heterocycles. The fourth-order valence-electron chi connectivity index (χ4n) is 4.04. The minimum Gasteiger partial charge on any atom is -0.497 e. The van der Waals surface area contributed by atoms with Crippen LogP contribution in [-0.4, -0.2) is 40.2 Å². The van der Waals surface area contributed by atoms with Crippen LogP contribution in [-0.2, 0) is 9.47 Å². The molecule has 2 N–H and O–H groups in total. The molecule has 130 valence electrons. The molecule has 1 aromatic rings.